The molecule has 96 valence electrons. The third kappa shape index (κ3) is 2.32. The van der Waals surface area contributed by atoms with Crippen molar-refractivity contribution < 1.29 is 8.81 Å². The molecule has 0 saturated heterocycles. The van der Waals surface area contributed by atoms with Gasteiger partial charge in [-0.1, -0.05) is 18.2 Å². The van der Waals surface area contributed by atoms with E-state index in [1.165, 1.54) is 6.07 Å². The summed E-state index contributed by atoms with van der Waals surface area (Å²) in [4.78, 5) is 0. The van der Waals surface area contributed by atoms with Crippen LogP contribution in [0.3, 0.4) is 0 Å². The highest BCUT2D eigenvalue weighted by molar-refractivity contribution is 5.81. The maximum Gasteiger partial charge on any atom is 0.134 e. The molecule has 1 N–H and O–H groups in total. The van der Waals surface area contributed by atoms with Crippen LogP contribution in [0.1, 0.15) is 11.1 Å². The van der Waals surface area contributed by atoms with Crippen molar-refractivity contribution in [2.75, 3.05) is 5.32 Å². The highest BCUT2D eigenvalue weighted by atomic mass is 19.1. The van der Waals surface area contributed by atoms with Gasteiger partial charge < -0.3 is 9.73 Å². The molecule has 0 aliphatic heterocycles. The molecule has 3 aromatic rings. The van der Waals surface area contributed by atoms with Gasteiger partial charge in [0, 0.05) is 23.2 Å². The van der Waals surface area contributed by atoms with Gasteiger partial charge in [-0.2, -0.15) is 0 Å². The average Bonchev–Trinajstić information content (AvgIpc) is 2.83. The van der Waals surface area contributed by atoms with Gasteiger partial charge in [-0.05, 0) is 36.8 Å². The minimum absolute atomic E-state index is 0.181. The van der Waals surface area contributed by atoms with Crippen molar-refractivity contribution in [1.29, 1.82) is 0 Å². The van der Waals surface area contributed by atoms with Crippen molar-refractivity contribution in [1.82, 2.24) is 0 Å². The molecule has 0 aliphatic rings. The lowest BCUT2D eigenvalue weighted by atomic mass is 10.1. The fraction of sp³-hybridized carbons (Fsp3) is 0.125. The molecule has 2 aromatic carbocycles. The summed E-state index contributed by atoms with van der Waals surface area (Å²) in [7, 11) is 0. The Morgan fingerprint density at radius 2 is 2.00 bits per heavy atom. The molecule has 3 heteroatoms. The summed E-state index contributed by atoms with van der Waals surface area (Å²) in [6.07, 6.45) is 1.76. The number of hydrogen-bond donors (Lipinski definition) is 1. The first-order valence-electron chi connectivity index (χ1n) is 6.19. The molecular formula is C16H14FNO. The van der Waals surface area contributed by atoms with Gasteiger partial charge in [0.1, 0.15) is 11.4 Å². The number of para-hydroxylation sites is 1. The van der Waals surface area contributed by atoms with Crippen molar-refractivity contribution in [2.45, 2.75) is 13.5 Å². The summed E-state index contributed by atoms with van der Waals surface area (Å²) in [6, 6.07) is 12.9. The van der Waals surface area contributed by atoms with Crippen molar-refractivity contribution in [3.05, 3.63) is 65.7 Å². The molecule has 0 spiro atoms. The number of fused-ring (bicyclic) bond motifs is 1. The molecule has 2 nitrogen and oxygen atoms in total. The Morgan fingerprint density at radius 3 is 2.84 bits per heavy atom. The van der Waals surface area contributed by atoms with E-state index in [2.05, 4.69) is 5.32 Å². The molecule has 0 radical (unpaired) electrons. The number of nitrogens with one attached hydrogen (secondary N) is 1. The summed E-state index contributed by atoms with van der Waals surface area (Å²) in [5, 5.41) is 4.39. The minimum atomic E-state index is -0.181. The molecular weight excluding hydrogens is 241 g/mol. The number of aryl methyl sites for hydroxylation is 1. The van der Waals surface area contributed by atoms with Gasteiger partial charge in [-0.3, -0.25) is 0 Å². The van der Waals surface area contributed by atoms with E-state index in [1.54, 1.807) is 25.3 Å². The summed E-state index contributed by atoms with van der Waals surface area (Å²) in [6.45, 7) is 2.41. The van der Waals surface area contributed by atoms with Crippen LogP contribution in [0.15, 0.2) is 53.1 Å². The van der Waals surface area contributed by atoms with Crippen LogP contribution in [0.5, 0.6) is 0 Å². The second-order valence-corrected chi connectivity index (χ2v) is 4.57. The Bertz CT molecular complexity index is 718. The third-order valence-electron chi connectivity index (χ3n) is 3.20. The molecule has 1 aromatic heterocycles. The number of furan rings is 1. The Morgan fingerprint density at radius 1 is 1.16 bits per heavy atom. The third-order valence-corrected chi connectivity index (χ3v) is 3.20. The summed E-state index contributed by atoms with van der Waals surface area (Å²) < 4.78 is 18.7. The van der Waals surface area contributed by atoms with E-state index in [0.29, 0.717) is 12.1 Å². The minimum Gasteiger partial charge on any atom is -0.464 e. The van der Waals surface area contributed by atoms with Crippen LogP contribution in [0, 0.1) is 12.7 Å². The maximum absolute atomic E-state index is 13.2. The number of rotatable bonds is 3. The Labute approximate surface area is 110 Å². The van der Waals surface area contributed by atoms with Crippen LogP contribution in [-0.2, 0) is 6.54 Å². The van der Waals surface area contributed by atoms with E-state index in [-0.39, 0.29) is 5.82 Å². The number of benzene rings is 2. The van der Waals surface area contributed by atoms with Gasteiger partial charge in [-0.15, -0.1) is 0 Å². The second kappa shape index (κ2) is 4.76. The van der Waals surface area contributed by atoms with Gasteiger partial charge in [-0.25, -0.2) is 4.39 Å². The Hall–Kier alpha value is -2.29. The molecule has 19 heavy (non-hydrogen) atoms. The normalized spacial score (nSPS) is 10.8. The fourth-order valence-electron chi connectivity index (χ4n) is 2.12. The first-order valence-corrected chi connectivity index (χ1v) is 6.19. The average molecular weight is 255 g/mol. The first kappa shape index (κ1) is 11.8. The van der Waals surface area contributed by atoms with Crippen molar-refractivity contribution in [3.8, 4) is 0 Å². The number of anilines is 1. The predicted octanol–water partition coefficient (Wildman–Crippen LogP) is 4.49. The number of halogens is 1. The molecule has 3 rings (SSSR count). The van der Waals surface area contributed by atoms with Crippen LogP contribution >= 0.6 is 0 Å². The molecule has 0 bridgehead atoms. The second-order valence-electron chi connectivity index (χ2n) is 4.57. The zero-order valence-corrected chi connectivity index (χ0v) is 10.6. The summed E-state index contributed by atoms with van der Waals surface area (Å²) in [5.41, 5.74) is 3.53. The Balaban J connectivity index is 1.80. The van der Waals surface area contributed by atoms with Crippen molar-refractivity contribution in [3.63, 3.8) is 0 Å². The summed E-state index contributed by atoms with van der Waals surface area (Å²) in [5.74, 6) is -0.181. The maximum atomic E-state index is 13.2. The van der Waals surface area contributed by atoms with Crippen molar-refractivity contribution in [2.24, 2.45) is 0 Å². The van der Waals surface area contributed by atoms with E-state index in [9.17, 15) is 4.39 Å². The standard InChI is InChI=1S/C16H14FNO/c1-11-8-13(6-7-15(11)17)18-9-12-10-19-16-5-3-2-4-14(12)16/h2-8,10,18H,9H2,1H3. The van der Waals surface area contributed by atoms with Gasteiger partial charge in [0.25, 0.3) is 0 Å². The molecule has 0 aliphatic carbocycles. The van der Waals surface area contributed by atoms with E-state index >= 15 is 0 Å². The SMILES string of the molecule is Cc1cc(NCc2coc3ccccc23)ccc1F. The van der Waals surface area contributed by atoms with Crippen LogP contribution in [-0.4, -0.2) is 0 Å². The van der Waals surface area contributed by atoms with E-state index in [4.69, 9.17) is 4.42 Å². The Kier molecular flexibility index (Phi) is 2.95. The largest absolute Gasteiger partial charge is 0.464 e. The molecule has 0 fully saturated rings. The van der Waals surface area contributed by atoms with Gasteiger partial charge >= 0.3 is 0 Å². The monoisotopic (exact) mass is 255 g/mol. The van der Waals surface area contributed by atoms with Gasteiger partial charge in [0.05, 0.1) is 6.26 Å². The van der Waals surface area contributed by atoms with Crippen LogP contribution in [0.2, 0.25) is 0 Å². The first-order chi connectivity index (χ1) is 9.24. The predicted molar refractivity (Wildman–Crippen MR) is 74.7 cm³/mol. The van der Waals surface area contributed by atoms with Gasteiger partial charge in [0.2, 0.25) is 0 Å². The fourth-order valence-corrected chi connectivity index (χ4v) is 2.12. The number of hydrogen-bond acceptors (Lipinski definition) is 2. The highest BCUT2D eigenvalue weighted by Crippen LogP contribution is 2.22. The van der Waals surface area contributed by atoms with Crippen LogP contribution in [0.25, 0.3) is 11.0 Å². The molecule has 0 atom stereocenters. The van der Waals surface area contributed by atoms with Crippen LogP contribution < -0.4 is 5.32 Å². The summed E-state index contributed by atoms with van der Waals surface area (Å²) >= 11 is 0. The molecule has 1 heterocycles. The smallest absolute Gasteiger partial charge is 0.134 e. The molecule has 0 amide bonds. The molecule has 0 saturated carbocycles. The van der Waals surface area contributed by atoms with Crippen LogP contribution in [0.4, 0.5) is 10.1 Å². The zero-order valence-electron chi connectivity index (χ0n) is 10.6. The topological polar surface area (TPSA) is 25.2 Å². The van der Waals surface area contributed by atoms with E-state index in [0.717, 1.165) is 22.2 Å². The van der Waals surface area contributed by atoms with Gasteiger partial charge in [0.15, 0.2) is 0 Å². The lowest BCUT2D eigenvalue weighted by Gasteiger charge is -2.06. The molecule has 0 unspecified atom stereocenters. The van der Waals surface area contributed by atoms with E-state index in [1.807, 2.05) is 24.3 Å². The lowest BCUT2D eigenvalue weighted by Crippen LogP contribution is -1.99. The van der Waals surface area contributed by atoms with E-state index < -0.39 is 0 Å². The highest BCUT2D eigenvalue weighted by Gasteiger charge is 2.05. The lowest BCUT2D eigenvalue weighted by molar-refractivity contribution is 0.611. The quantitative estimate of drug-likeness (QED) is 0.745. The van der Waals surface area contributed by atoms with Crippen molar-refractivity contribution >= 4 is 16.7 Å². The zero-order chi connectivity index (χ0) is 13.2.